The second kappa shape index (κ2) is 12.2. The van der Waals surface area contributed by atoms with Gasteiger partial charge in [0.15, 0.2) is 5.13 Å². The Morgan fingerprint density at radius 3 is 2.71 bits per heavy atom. The molecule has 3 aromatic heterocycles. The van der Waals surface area contributed by atoms with E-state index >= 15 is 0 Å². The first kappa shape index (κ1) is 27.1. The van der Waals surface area contributed by atoms with Crippen molar-refractivity contribution in [3.8, 4) is 11.3 Å². The molecule has 5 rings (SSSR count). The monoisotopic (exact) mass is 573 g/mol. The van der Waals surface area contributed by atoms with Gasteiger partial charge in [0.2, 0.25) is 0 Å². The molecule has 0 bridgehead atoms. The van der Waals surface area contributed by atoms with Crippen LogP contribution in [-0.2, 0) is 11.3 Å². The zero-order valence-electron chi connectivity index (χ0n) is 21.6. The molecule has 9 nitrogen and oxygen atoms in total. The lowest BCUT2D eigenvalue weighted by molar-refractivity contribution is -0.108. The van der Waals surface area contributed by atoms with Gasteiger partial charge >= 0.3 is 0 Å². The van der Waals surface area contributed by atoms with Crippen LogP contribution in [0.25, 0.3) is 11.3 Å². The molecule has 1 N–H and O–H groups in total. The first-order valence-corrected chi connectivity index (χ1v) is 15.0. The highest BCUT2D eigenvalue weighted by Crippen LogP contribution is 2.37. The Kier molecular flexibility index (Phi) is 8.69. The maximum atomic E-state index is 13.0. The van der Waals surface area contributed by atoms with Gasteiger partial charge in [-0.15, -0.1) is 11.3 Å². The molecule has 38 heavy (non-hydrogen) atoms. The van der Waals surface area contributed by atoms with Crippen LogP contribution in [0.15, 0.2) is 23.8 Å². The van der Waals surface area contributed by atoms with Crippen LogP contribution in [0, 0.1) is 0 Å². The Balaban J connectivity index is 1.26. The van der Waals surface area contributed by atoms with Crippen molar-refractivity contribution in [2.24, 2.45) is 0 Å². The number of hydrogen-bond donors (Lipinski definition) is 1. The van der Waals surface area contributed by atoms with Crippen LogP contribution in [0.5, 0.6) is 0 Å². The molecule has 5 heterocycles. The second-order valence-electron chi connectivity index (χ2n) is 9.89. The molecule has 2 unspecified atom stereocenters. The van der Waals surface area contributed by atoms with Crippen molar-refractivity contribution in [3.63, 3.8) is 0 Å². The fourth-order valence-electron chi connectivity index (χ4n) is 5.10. The minimum Gasteiger partial charge on any atom is -0.353 e. The number of anilines is 2. The van der Waals surface area contributed by atoms with Gasteiger partial charge in [-0.05, 0) is 39.3 Å². The van der Waals surface area contributed by atoms with Gasteiger partial charge in [-0.2, -0.15) is 0 Å². The van der Waals surface area contributed by atoms with Crippen LogP contribution < -0.4 is 10.2 Å². The number of thiazole rings is 1. The highest BCUT2D eigenvalue weighted by Gasteiger charge is 2.26. The molecule has 0 saturated carbocycles. The Labute approximate surface area is 235 Å². The number of rotatable bonds is 9. The van der Waals surface area contributed by atoms with Gasteiger partial charge in [0.1, 0.15) is 17.8 Å². The van der Waals surface area contributed by atoms with Crippen molar-refractivity contribution >= 4 is 57.4 Å². The van der Waals surface area contributed by atoms with E-state index in [0.29, 0.717) is 28.0 Å². The highest BCUT2D eigenvalue weighted by atomic mass is 35.5. The summed E-state index contributed by atoms with van der Waals surface area (Å²) in [5.41, 5.74) is 2.09. The lowest BCUT2D eigenvalue weighted by Gasteiger charge is -2.40. The summed E-state index contributed by atoms with van der Waals surface area (Å²) in [7, 11) is 0. The maximum Gasteiger partial charge on any atom is 0.277 e. The average molecular weight is 574 g/mol. The van der Waals surface area contributed by atoms with Crippen molar-refractivity contribution in [2.75, 3.05) is 42.9 Å². The second-order valence-corrected chi connectivity index (χ2v) is 12.5. The van der Waals surface area contributed by atoms with Crippen molar-refractivity contribution < 1.29 is 9.59 Å². The number of nitrogens with zero attached hydrogens (tertiary/aromatic N) is 6. The number of piperazine rings is 1. The number of halogens is 1. The van der Waals surface area contributed by atoms with Crippen molar-refractivity contribution in [3.05, 3.63) is 38.7 Å². The van der Waals surface area contributed by atoms with Gasteiger partial charge in [-0.25, -0.2) is 15.0 Å². The summed E-state index contributed by atoms with van der Waals surface area (Å²) in [6.45, 7) is 9.51. The molecule has 2 aliphatic heterocycles. The standard InChI is InChI=1S/C26H32ClN7O2S2/c1-17-5-3-6-33(17)15-21-24(19-11-22(27)37-16-19)30-26(38-21)31-25(36)20-12-29-23(13-28-20)34-9-8-32(7-4-10-35)18(2)14-34/h10-13,16-18H,3-9,14-15H2,1-2H3,(H,30,31,36). The van der Waals surface area contributed by atoms with Crippen LogP contribution >= 0.6 is 34.3 Å². The van der Waals surface area contributed by atoms with E-state index in [9.17, 15) is 9.59 Å². The highest BCUT2D eigenvalue weighted by molar-refractivity contribution is 7.16. The summed E-state index contributed by atoms with van der Waals surface area (Å²) >= 11 is 9.19. The minimum absolute atomic E-state index is 0.247. The number of thiophene rings is 1. The molecule has 2 fully saturated rings. The molecule has 202 valence electrons. The van der Waals surface area contributed by atoms with Gasteiger partial charge in [-0.1, -0.05) is 22.9 Å². The Bertz CT molecular complexity index is 1260. The van der Waals surface area contributed by atoms with Crippen LogP contribution in [0.4, 0.5) is 10.9 Å². The predicted octanol–water partition coefficient (Wildman–Crippen LogP) is 4.65. The summed E-state index contributed by atoms with van der Waals surface area (Å²) in [4.78, 5) is 45.5. The fourth-order valence-corrected chi connectivity index (χ4v) is 6.97. The number of aldehydes is 1. The first-order chi connectivity index (χ1) is 18.4. The molecule has 0 aliphatic carbocycles. The summed E-state index contributed by atoms with van der Waals surface area (Å²) in [5, 5.41) is 5.48. The molecule has 12 heteroatoms. The lowest BCUT2D eigenvalue weighted by atomic mass is 10.2. The van der Waals surface area contributed by atoms with Crippen LogP contribution in [0.1, 0.15) is 48.5 Å². The Hall–Kier alpha value is -2.44. The third kappa shape index (κ3) is 6.23. The number of carbonyl (C=O) groups excluding carboxylic acids is 2. The zero-order chi connectivity index (χ0) is 26.6. The smallest absolute Gasteiger partial charge is 0.277 e. The summed E-state index contributed by atoms with van der Waals surface area (Å²) < 4.78 is 0.714. The normalized spacial score (nSPS) is 20.7. The topological polar surface area (TPSA) is 94.6 Å². The van der Waals surface area contributed by atoms with E-state index in [1.165, 1.54) is 41.7 Å². The molecule has 1 amide bonds. The Morgan fingerprint density at radius 1 is 1.18 bits per heavy atom. The molecule has 2 aliphatic rings. The number of hydrogen-bond acceptors (Lipinski definition) is 10. The number of amides is 1. The molecule has 2 atom stereocenters. The SMILES string of the molecule is CC1CN(c2cnc(C(=O)Nc3nc(-c4csc(Cl)c4)c(CN4CCCC4C)s3)cn2)CCN1CCC=O. The summed E-state index contributed by atoms with van der Waals surface area (Å²) in [6.07, 6.45) is 7.09. The quantitative estimate of drug-likeness (QED) is 0.370. The van der Waals surface area contributed by atoms with Crippen molar-refractivity contribution in [2.45, 2.75) is 51.7 Å². The van der Waals surface area contributed by atoms with Crippen LogP contribution in [0.3, 0.4) is 0 Å². The third-order valence-electron chi connectivity index (χ3n) is 7.29. The lowest BCUT2D eigenvalue weighted by Crippen LogP contribution is -2.52. The van der Waals surface area contributed by atoms with E-state index in [1.54, 1.807) is 6.20 Å². The number of nitrogens with one attached hydrogen (secondary N) is 1. The molecule has 0 radical (unpaired) electrons. The maximum absolute atomic E-state index is 13.0. The number of likely N-dealkylation sites (tertiary alicyclic amines) is 1. The van der Waals surface area contributed by atoms with Gasteiger partial charge < -0.3 is 9.69 Å². The van der Waals surface area contributed by atoms with E-state index < -0.39 is 0 Å². The first-order valence-electron chi connectivity index (χ1n) is 13.0. The molecule has 2 saturated heterocycles. The van der Waals surface area contributed by atoms with E-state index in [0.717, 1.165) is 67.5 Å². The van der Waals surface area contributed by atoms with Gasteiger partial charge in [0.05, 0.1) is 22.4 Å². The fraction of sp³-hybridized carbons (Fsp3) is 0.500. The molecular weight excluding hydrogens is 542 g/mol. The molecular formula is C26H32ClN7O2S2. The molecule has 3 aromatic rings. The summed E-state index contributed by atoms with van der Waals surface area (Å²) in [5.74, 6) is 0.414. The molecule has 0 aromatic carbocycles. The third-order valence-corrected chi connectivity index (χ3v) is 9.34. The zero-order valence-corrected chi connectivity index (χ0v) is 24.0. The van der Waals surface area contributed by atoms with Gasteiger partial charge in [-0.3, -0.25) is 19.9 Å². The van der Waals surface area contributed by atoms with E-state index in [4.69, 9.17) is 16.6 Å². The van der Waals surface area contributed by atoms with Crippen molar-refractivity contribution in [1.29, 1.82) is 0 Å². The number of aromatic nitrogens is 3. The molecule has 0 spiro atoms. The van der Waals surface area contributed by atoms with Crippen LogP contribution in [-0.4, -0.2) is 81.8 Å². The number of carbonyl (C=O) groups is 2. The summed E-state index contributed by atoms with van der Waals surface area (Å²) in [6, 6.07) is 2.77. The Morgan fingerprint density at radius 2 is 2.05 bits per heavy atom. The van der Waals surface area contributed by atoms with Crippen LogP contribution in [0.2, 0.25) is 4.34 Å². The predicted molar refractivity (Wildman–Crippen MR) is 153 cm³/mol. The van der Waals surface area contributed by atoms with E-state index in [-0.39, 0.29) is 11.6 Å². The van der Waals surface area contributed by atoms with Gasteiger partial charge in [0.25, 0.3) is 5.91 Å². The average Bonchev–Trinajstić information content (AvgIpc) is 3.64. The van der Waals surface area contributed by atoms with E-state index in [2.05, 4.69) is 43.8 Å². The van der Waals surface area contributed by atoms with Crippen molar-refractivity contribution in [1.82, 2.24) is 24.8 Å². The van der Waals surface area contributed by atoms with Gasteiger partial charge in [0, 0.05) is 67.0 Å². The van der Waals surface area contributed by atoms with E-state index in [1.807, 2.05) is 11.4 Å². The minimum atomic E-state index is -0.333. The largest absolute Gasteiger partial charge is 0.353 e.